The molecule has 3 aromatic carbocycles. The molecular weight excluding hydrogens is 512 g/mol. The largest absolute Gasteiger partial charge is 0.454 e. The maximum atomic E-state index is 12.9. The van der Waals surface area contributed by atoms with Crippen LogP contribution in [0.5, 0.6) is 0 Å². The lowest BCUT2D eigenvalue weighted by Gasteiger charge is -2.17. The predicted octanol–water partition coefficient (Wildman–Crippen LogP) is 12.2. The van der Waals surface area contributed by atoms with Gasteiger partial charge in [0.1, 0.15) is 6.10 Å². The first kappa shape index (κ1) is 33.6. The molecule has 0 spiro atoms. The minimum atomic E-state index is -0.247. The Morgan fingerprint density at radius 1 is 0.524 bits per heavy atom. The van der Waals surface area contributed by atoms with Crippen molar-refractivity contribution < 1.29 is 9.53 Å². The molecule has 0 saturated heterocycles. The number of ether oxygens (including phenoxy) is 1. The summed E-state index contributed by atoms with van der Waals surface area (Å²) in [6.07, 6.45) is 21.4. The molecule has 3 rings (SSSR count). The van der Waals surface area contributed by atoms with E-state index in [2.05, 4.69) is 81.4 Å². The highest BCUT2D eigenvalue weighted by atomic mass is 16.5. The Bertz CT molecular complexity index is 1110. The molecule has 0 N–H and O–H groups in total. The van der Waals surface area contributed by atoms with E-state index >= 15 is 0 Å². The molecule has 0 aliphatic carbocycles. The number of benzene rings is 3. The maximum absolute atomic E-state index is 12.9. The Morgan fingerprint density at radius 3 is 1.38 bits per heavy atom. The van der Waals surface area contributed by atoms with Gasteiger partial charge in [0.05, 0.1) is 5.56 Å². The number of hydrogen-bond acceptors (Lipinski definition) is 2. The summed E-state index contributed by atoms with van der Waals surface area (Å²) in [5, 5.41) is 0. The lowest BCUT2D eigenvalue weighted by atomic mass is 9.98. The van der Waals surface area contributed by atoms with Crippen molar-refractivity contribution in [3.05, 3.63) is 95.1 Å². The molecule has 0 aromatic heterocycles. The fraction of sp³-hybridized carbons (Fsp3) is 0.525. The van der Waals surface area contributed by atoms with Crippen LogP contribution in [0.4, 0.5) is 0 Å². The van der Waals surface area contributed by atoms with Gasteiger partial charge in [-0.05, 0) is 72.1 Å². The van der Waals surface area contributed by atoms with Crippen LogP contribution in [0.1, 0.15) is 150 Å². The number of carbonyl (C=O) groups excluding carboxylic acids is 1. The lowest BCUT2D eigenvalue weighted by Crippen LogP contribution is -2.11. The highest BCUT2D eigenvalue weighted by molar-refractivity contribution is 5.89. The fourth-order valence-electron chi connectivity index (χ4n) is 5.72. The third kappa shape index (κ3) is 12.2. The molecule has 0 aliphatic heterocycles. The van der Waals surface area contributed by atoms with Crippen LogP contribution in [0.15, 0.2) is 72.8 Å². The van der Waals surface area contributed by atoms with Gasteiger partial charge in [-0.25, -0.2) is 4.79 Å². The molecular formula is C40H56O2. The van der Waals surface area contributed by atoms with Gasteiger partial charge in [0, 0.05) is 0 Å². The molecule has 2 nitrogen and oxygen atoms in total. The van der Waals surface area contributed by atoms with Gasteiger partial charge in [-0.1, -0.05) is 158 Å². The summed E-state index contributed by atoms with van der Waals surface area (Å²) in [7, 11) is 0. The van der Waals surface area contributed by atoms with E-state index in [0.717, 1.165) is 18.4 Å². The van der Waals surface area contributed by atoms with E-state index in [1.54, 1.807) is 0 Å². The second-order valence-corrected chi connectivity index (χ2v) is 12.1. The summed E-state index contributed by atoms with van der Waals surface area (Å²) in [5.74, 6) is -0.246. The van der Waals surface area contributed by atoms with Crippen LogP contribution in [0, 0.1) is 0 Å². The Morgan fingerprint density at radius 2 is 0.929 bits per heavy atom. The number of unbranched alkanes of at least 4 members (excludes halogenated alkanes) is 12. The van der Waals surface area contributed by atoms with Crippen LogP contribution >= 0.6 is 0 Å². The van der Waals surface area contributed by atoms with Crippen LogP contribution in [-0.2, 0) is 17.6 Å². The summed E-state index contributed by atoms with van der Waals surface area (Å²) >= 11 is 0. The lowest BCUT2D eigenvalue weighted by molar-refractivity contribution is 0.0288. The molecule has 0 saturated carbocycles. The average Bonchev–Trinajstić information content (AvgIpc) is 3.03. The van der Waals surface area contributed by atoms with Crippen molar-refractivity contribution in [2.24, 2.45) is 0 Å². The first-order valence-electron chi connectivity index (χ1n) is 17.1. The van der Waals surface area contributed by atoms with Crippen molar-refractivity contribution in [1.29, 1.82) is 0 Å². The molecule has 2 heteroatoms. The van der Waals surface area contributed by atoms with E-state index < -0.39 is 0 Å². The highest BCUT2D eigenvalue weighted by Crippen LogP contribution is 2.27. The minimum Gasteiger partial charge on any atom is -0.454 e. The van der Waals surface area contributed by atoms with Crippen molar-refractivity contribution in [1.82, 2.24) is 0 Å². The number of rotatable bonds is 21. The molecule has 1 atom stereocenters. The first-order valence-corrected chi connectivity index (χ1v) is 17.1. The van der Waals surface area contributed by atoms with Crippen molar-refractivity contribution in [2.75, 3.05) is 0 Å². The smallest absolute Gasteiger partial charge is 0.338 e. The molecule has 0 aliphatic rings. The second-order valence-electron chi connectivity index (χ2n) is 12.1. The average molecular weight is 569 g/mol. The van der Waals surface area contributed by atoms with E-state index in [1.165, 1.54) is 119 Å². The zero-order chi connectivity index (χ0) is 29.8. The third-order valence-electron chi connectivity index (χ3n) is 8.52. The number of aryl methyl sites for hydroxylation is 2. The Labute approximate surface area is 257 Å². The summed E-state index contributed by atoms with van der Waals surface area (Å²) < 4.78 is 5.95. The Balaban J connectivity index is 1.44. The summed E-state index contributed by atoms with van der Waals surface area (Å²) in [6.45, 7) is 6.60. The molecule has 42 heavy (non-hydrogen) atoms. The zero-order valence-electron chi connectivity index (χ0n) is 26.8. The van der Waals surface area contributed by atoms with E-state index in [1.807, 2.05) is 12.1 Å². The van der Waals surface area contributed by atoms with E-state index in [9.17, 15) is 4.79 Å². The van der Waals surface area contributed by atoms with Gasteiger partial charge in [0.2, 0.25) is 0 Å². The summed E-state index contributed by atoms with van der Waals surface area (Å²) in [5.41, 5.74) is 6.82. The van der Waals surface area contributed by atoms with E-state index in [4.69, 9.17) is 4.74 Å². The quantitative estimate of drug-likeness (QED) is 0.0943. The summed E-state index contributed by atoms with van der Waals surface area (Å²) in [6, 6.07) is 25.5. The summed E-state index contributed by atoms with van der Waals surface area (Å²) in [4.78, 5) is 12.9. The van der Waals surface area contributed by atoms with Crippen molar-refractivity contribution in [3.63, 3.8) is 0 Å². The molecule has 0 bridgehead atoms. The van der Waals surface area contributed by atoms with Gasteiger partial charge in [0.25, 0.3) is 0 Å². The van der Waals surface area contributed by atoms with Gasteiger partial charge in [-0.3, -0.25) is 0 Å². The topological polar surface area (TPSA) is 26.3 Å². The number of carbonyl (C=O) groups is 1. The van der Waals surface area contributed by atoms with Gasteiger partial charge in [-0.15, -0.1) is 0 Å². The molecule has 0 radical (unpaired) electrons. The van der Waals surface area contributed by atoms with Crippen molar-refractivity contribution >= 4 is 5.97 Å². The van der Waals surface area contributed by atoms with Crippen LogP contribution < -0.4 is 0 Å². The predicted molar refractivity (Wildman–Crippen MR) is 180 cm³/mol. The van der Waals surface area contributed by atoms with Gasteiger partial charge in [-0.2, -0.15) is 0 Å². The van der Waals surface area contributed by atoms with E-state index in [-0.39, 0.29) is 12.1 Å². The monoisotopic (exact) mass is 568 g/mol. The van der Waals surface area contributed by atoms with Gasteiger partial charge in [0.15, 0.2) is 0 Å². The second kappa shape index (κ2) is 20.1. The molecule has 3 aromatic rings. The zero-order valence-corrected chi connectivity index (χ0v) is 26.8. The van der Waals surface area contributed by atoms with Crippen molar-refractivity contribution in [3.8, 4) is 11.1 Å². The van der Waals surface area contributed by atoms with Crippen LogP contribution in [0.2, 0.25) is 0 Å². The SMILES string of the molecule is CCCCCCCCCCc1ccc(-c2ccc(C(CC)OC(=O)c3ccc(CCCCCCCC)cc3)cc2)cc1. The van der Waals surface area contributed by atoms with E-state index in [0.29, 0.717) is 5.56 Å². The third-order valence-corrected chi connectivity index (χ3v) is 8.52. The Hall–Kier alpha value is -2.87. The molecule has 0 fully saturated rings. The number of hydrogen-bond donors (Lipinski definition) is 0. The maximum Gasteiger partial charge on any atom is 0.338 e. The van der Waals surface area contributed by atoms with Gasteiger partial charge >= 0.3 is 5.97 Å². The Kier molecular flexibility index (Phi) is 16.1. The number of esters is 1. The standard InChI is InChI=1S/C40H56O2/c1-4-7-9-11-13-14-16-18-19-33-21-25-35(26-22-33)36-29-31-37(32-30-36)39(6-3)42-40(41)38-27-23-34(24-28-38)20-17-15-12-10-8-5-2/h21-32,39H,4-20H2,1-3H3. The minimum absolute atomic E-state index is 0.246. The van der Waals surface area contributed by atoms with Crippen LogP contribution in [0.25, 0.3) is 11.1 Å². The normalized spacial score (nSPS) is 11.9. The molecule has 1 unspecified atom stereocenters. The van der Waals surface area contributed by atoms with Gasteiger partial charge < -0.3 is 4.74 Å². The molecule has 0 heterocycles. The highest BCUT2D eigenvalue weighted by Gasteiger charge is 2.17. The fourth-order valence-corrected chi connectivity index (χ4v) is 5.72. The van der Waals surface area contributed by atoms with Crippen molar-refractivity contribution in [2.45, 2.75) is 136 Å². The molecule has 228 valence electrons. The first-order chi connectivity index (χ1) is 20.6. The molecule has 0 amide bonds. The van der Waals surface area contributed by atoms with Crippen LogP contribution in [0.3, 0.4) is 0 Å². The van der Waals surface area contributed by atoms with Crippen LogP contribution in [-0.4, -0.2) is 5.97 Å².